The molecule has 0 atom stereocenters. The number of hydrogen-bond acceptors (Lipinski definition) is 6. The van der Waals surface area contributed by atoms with E-state index in [2.05, 4.69) is 28.4 Å². The third-order valence-corrected chi connectivity index (χ3v) is 4.39. The number of nitrogens with two attached hydrogens (primary N) is 1. The minimum atomic E-state index is 0.405. The van der Waals surface area contributed by atoms with Gasteiger partial charge in [-0.05, 0) is 18.9 Å². The Kier molecular flexibility index (Phi) is 4.49. The summed E-state index contributed by atoms with van der Waals surface area (Å²) in [5.41, 5.74) is 10.3. The first-order chi connectivity index (χ1) is 13.1. The fraction of sp³-hybridized carbons (Fsp3) is 0.368. The molecule has 27 heavy (non-hydrogen) atoms. The van der Waals surface area contributed by atoms with Gasteiger partial charge < -0.3 is 19.6 Å². The highest BCUT2D eigenvalue weighted by Gasteiger charge is 2.19. The molecule has 0 saturated heterocycles. The van der Waals surface area contributed by atoms with Crippen LogP contribution in [0.25, 0.3) is 27.8 Å². The van der Waals surface area contributed by atoms with Crippen molar-refractivity contribution in [3.05, 3.63) is 36.8 Å². The number of imidazole rings is 2. The van der Waals surface area contributed by atoms with E-state index in [4.69, 9.17) is 20.4 Å². The van der Waals surface area contributed by atoms with Crippen LogP contribution < -0.4 is 5.73 Å². The van der Waals surface area contributed by atoms with E-state index in [0.29, 0.717) is 30.5 Å². The van der Waals surface area contributed by atoms with E-state index in [1.165, 1.54) is 0 Å². The lowest BCUT2D eigenvalue weighted by molar-refractivity contribution is 0.125. The fourth-order valence-electron chi connectivity index (χ4n) is 3.23. The molecule has 0 bridgehead atoms. The molecule has 4 heterocycles. The summed E-state index contributed by atoms with van der Waals surface area (Å²) in [6.45, 7) is 8.20. The largest absolute Gasteiger partial charge is 0.382 e. The lowest BCUT2D eigenvalue weighted by Gasteiger charge is -2.13. The van der Waals surface area contributed by atoms with Crippen molar-refractivity contribution in [3.8, 4) is 5.69 Å². The second-order valence-electron chi connectivity index (χ2n) is 6.90. The minimum absolute atomic E-state index is 0.405. The Morgan fingerprint density at radius 1 is 1.22 bits per heavy atom. The molecule has 0 aromatic carbocycles. The first-order valence-electron chi connectivity index (χ1n) is 9.09. The van der Waals surface area contributed by atoms with Gasteiger partial charge >= 0.3 is 0 Å². The molecule has 140 valence electrons. The van der Waals surface area contributed by atoms with Gasteiger partial charge in [-0.1, -0.05) is 13.8 Å². The van der Waals surface area contributed by atoms with Crippen molar-refractivity contribution in [2.45, 2.75) is 33.9 Å². The van der Waals surface area contributed by atoms with Crippen LogP contribution in [0.2, 0.25) is 0 Å². The fourth-order valence-corrected chi connectivity index (χ4v) is 3.23. The van der Waals surface area contributed by atoms with E-state index in [1.807, 2.05) is 30.0 Å². The summed E-state index contributed by atoms with van der Waals surface area (Å²) in [5.74, 6) is 1.70. The summed E-state index contributed by atoms with van der Waals surface area (Å²) in [7, 11) is 0. The molecule has 0 spiro atoms. The molecule has 4 aromatic rings. The second-order valence-corrected chi connectivity index (χ2v) is 6.90. The van der Waals surface area contributed by atoms with E-state index >= 15 is 0 Å². The Balaban J connectivity index is 1.96. The van der Waals surface area contributed by atoms with Crippen LogP contribution in [0.15, 0.2) is 31.0 Å². The van der Waals surface area contributed by atoms with Crippen molar-refractivity contribution in [2.24, 2.45) is 5.92 Å². The molecule has 8 heteroatoms. The van der Waals surface area contributed by atoms with E-state index in [1.54, 1.807) is 12.5 Å². The van der Waals surface area contributed by atoms with Gasteiger partial charge in [0.1, 0.15) is 29.0 Å². The highest BCUT2D eigenvalue weighted by atomic mass is 16.5. The zero-order chi connectivity index (χ0) is 19.0. The standard InChI is InChI=1S/C19H23N7O/c1-4-27-10-15-24-17-18(26(15)9-12(2)3)16-14(23-19(17)20)7-13(8-22-16)25-6-5-21-11-25/h5-8,11-12H,4,9-10H2,1-3H3,(H2,20,23). The van der Waals surface area contributed by atoms with Crippen molar-refractivity contribution >= 4 is 27.9 Å². The van der Waals surface area contributed by atoms with Gasteiger partial charge in [-0.15, -0.1) is 0 Å². The van der Waals surface area contributed by atoms with Gasteiger partial charge in [-0.3, -0.25) is 4.98 Å². The zero-order valence-corrected chi connectivity index (χ0v) is 15.8. The normalized spacial score (nSPS) is 11.9. The maximum absolute atomic E-state index is 6.26. The summed E-state index contributed by atoms with van der Waals surface area (Å²) in [4.78, 5) is 18.1. The van der Waals surface area contributed by atoms with Crippen LogP contribution in [0, 0.1) is 5.92 Å². The first-order valence-corrected chi connectivity index (χ1v) is 9.09. The average Bonchev–Trinajstić information content (AvgIpc) is 3.28. The third kappa shape index (κ3) is 3.12. The molecule has 2 N–H and O–H groups in total. The number of ether oxygens (including phenoxy) is 1. The zero-order valence-electron chi connectivity index (χ0n) is 15.8. The predicted octanol–water partition coefficient (Wildman–Crippen LogP) is 2.94. The van der Waals surface area contributed by atoms with Crippen molar-refractivity contribution in [2.75, 3.05) is 12.3 Å². The van der Waals surface area contributed by atoms with Gasteiger partial charge in [0.2, 0.25) is 0 Å². The van der Waals surface area contributed by atoms with Crippen molar-refractivity contribution in [1.82, 2.24) is 29.1 Å². The molecule has 0 radical (unpaired) electrons. The number of nitrogens with zero attached hydrogens (tertiary/aromatic N) is 6. The Morgan fingerprint density at radius 3 is 2.78 bits per heavy atom. The monoisotopic (exact) mass is 365 g/mol. The Bertz CT molecular complexity index is 1080. The Morgan fingerprint density at radius 2 is 2.07 bits per heavy atom. The topological polar surface area (TPSA) is 96.7 Å². The Hall–Kier alpha value is -3.00. The molecular weight excluding hydrogens is 342 g/mol. The summed E-state index contributed by atoms with van der Waals surface area (Å²) < 4.78 is 9.67. The number of nitrogen functional groups attached to an aromatic ring is 1. The predicted molar refractivity (Wildman–Crippen MR) is 105 cm³/mol. The van der Waals surface area contributed by atoms with Crippen LogP contribution in [-0.2, 0) is 17.9 Å². The van der Waals surface area contributed by atoms with Crippen LogP contribution in [0.5, 0.6) is 0 Å². The van der Waals surface area contributed by atoms with Gasteiger partial charge in [0.25, 0.3) is 0 Å². The molecule has 0 aliphatic rings. The Labute approximate surface area is 157 Å². The van der Waals surface area contributed by atoms with Gasteiger partial charge in [-0.25, -0.2) is 15.0 Å². The quantitative estimate of drug-likeness (QED) is 0.564. The van der Waals surface area contributed by atoms with E-state index in [0.717, 1.165) is 34.6 Å². The van der Waals surface area contributed by atoms with Gasteiger partial charge in [-0.2, -0.15) is 0 Å². The van der Waals surface area contributed by atoms with E-state index in [9.17, 15) is 0 Å². The number of aromatic nitrogens is 6. The molecular formula is C19H23N7O. The van der Waals surface area contributed by atoms with Crippen LogP contribution >= 0.6 is 0 Å². The maximum Gasteiger partial charge on any atom is 0.152 e. The van der Waals surface area contributed by atoms with E-state index in [-0.39, 0.29) is 0 Å². The van der Waals surface area contributed by atoms with Gasteiger partial charge in [0, 0.05) is 25.5 Å². The molecule has 8 nitrogen and oxygen atoms in total. The van der Waals surface area contributed by atoms with E-state index < -0.39 is 0 Å². The number of rotatable bonds is 6. The van der Waals surface area contributed by atoms with Crippen molar-refractivity contribution < 1.29 is 4.74 Å². The lowest BCUT2D eigenvalue weighted by atomic mass is 10.2. The molecule has 4 rings (SSSR count). The van der Waals surface area contributed by atoms with Crippen molar-refractivity contribution in [3.63, 3.8) is 0 Å². The third-order valence-electron chi connectivity index (χ3n) is 4.39. The van der Waals surface area contributed by atoms with Gasteiger partial charge in [0.15, 0.2) is 5.82 Å². The van der Waals surface area contributed by atoms with Crippen LogP contribution in [0.1, 0.15) is 26.6 Å². The lowest BCUT2D eigenvalue weighted by Crippen LogP contribution is -2.10. The summed E-state index contributed by atoms with van der Waals surface area (Å²) in [6, 6.07) is 1.97. The molecule has 4 aromatic heterocycles. The first kappa shape index (κ1) is 17.4. The molecule has 0 saturated carbocycles. The second kappa shape index (κ2) is 6.96. The maximum atomic E-state index is 6.26. The number of pyridine rings is 2. The smallest absolute Gasteiger partial charge is 0.152 e. The summed E-state index contributed by atoms with van der Waals surface area (Å²) in [6.07, 6.45) is 7.14. The van der Waals surface area contributed by atoms with Gasteiger partial charge in [0.05, 0.1) is 23.7 Å². The highest BCUT2D eigenvalue weighted by Crippen LogP contribution is 2.29. The molecule has 0 aliphatic heterocycles. The molecule has 0 aliphatic carbocycles. The molecule has 0 fully saturated rings. The van der Waals surface area contributed by atoms with Crippen molar-refractivity contribution in [1.29, 1.82) is 0 Å². The number of anilines is 1. The number of fused-ring (bicyclic) bond motifs is 3. The molecule has 0 unspecified atom stereocenters. The average molecular weight is 365 g/mol. The summed E-state index contributed by atoms with van der Waals surface area (Å²) >= 11 is 0. The summed E-state index contributed by atoms with van der Waals surface area (Å²) in [5, 5.41) is 0. The van der Waals surface area contributed by atoms with Crippen LogP contribution in [-0.4, -0.2) is 35.7 Å². The van der Waals surface area contributed by atoms with Crippen LogP contribution in [0.3, 0.4) is 0 Å². The molecule has 0 amide bonds. The minimum Gasteiger partial charge on any atom is -0.382 e. The van der Waals surface area contributed by atoms with Crippen LogP contribution in [0.4, 0.5) is 5.82 Å². The SMILES string of the molecule is CCOCc1nc2c(N)nc3cc(-n4ccnc4)cnc3c2n1CC(C)C. The highest BCUT2D eigenvalue weighted by molar-refractivity contribution is 6.04. The number of hydrogen-bond donors (Lipinski definition) is 1.